The zero-order valence-electron chi connectivity index (χ0n) is 10.7. The van der Waals surface area contributed by atoms with Crippen LogP contribution < -0.4 is 20.5 Å². The van der Waals surface area contributed by atoms with Gasteiger partial charge in [0.2, 0.25) is 0 Å². The Morgan fingerprint density at radius 2 is 2.05 bits per heavy atom. The summed E-state index contributed by atoms with van der Waals surface area (Å²) in [5.41, 5.74) is 7.46. The van der Waals surface area contributed by atoms with Crippen LogP contribution >= 0.6 is 0 Å². The fourth-order valence-electron chi connectivity index (χ4n) is 2.00. The number of nitrogens with two attached hydrogens (primary N) is 1. The highest BCUT2D eigenvalue weighted by Gasteiger charge is 2.14. The van der Waals surface area contributed by atoms with Crippen LogP contribution in [0.2, 0.25) is 0 Å². The number of nitrogens with one attached hydrogen (secondary N) is 1. The highest BCUT2D eigenvalue weighted by atomic mass is 16.6. The largest absolute Gasteiger partial charge is 0.486 e. The molecule has 6 nitrogen and oxygen atoms in total. The van der Waals surface area contributed by atoms with E-state index in [2.05, 4.69) is 10.3 Å². The van der Waals surface area contributed by atoms with Crippen LogP contribution in [0.5, 0.6) is 11.5 Å². The summed E-state index contributed by atoms with van der Waals surface area (Å²) in [5.74, 6) is 2.36. The van der Waals surface area contributed by atoms with E-state index in [1.807, 2.05) is 23.9 Å². The highest BCUT2D eigenvalue weighted by molar-refractivity contribution is 5.72. The van der Waals surface area contributed by atoms with E-state index in [0.29, 0.717) is 31.2 Å². The van der Waals surface area contributed by atoms with Gasteiger partial charge >= 0.3 is 0 Å². The molecule has 100 valence electrons. The molecule has 0 spiro atoms. The molecular weight excluding hydrogens is 244 g/mol. The van der Waals surface area contributed by atoms with Crippen LogP contribution in [-0.4, -0.2) is 22.8 Å². The highest BCUT2D eigenvalue weighted by Crippen LogP contribution is 2.36. The lowest BCUT2D eigenvalue weighted by molar-refractivity contribution is 0.172. The Hall–Kier alpha value is -2.37. The van der Waals surface area contributed by atoms with E-state index in [1.54, 1.807) is 12.3 Å². The van der Waals surface area contributed by atoms with Crippen LogP contribution in [0, 0.1) is 0 Å². The molecule has 6 heteroatoms. The van der Waals surface area contributed by atoms with Crippen molar-refractivity contribution < 1.29 is 9.47 Å². The van der Waals surface area contributed by atoms with Gasteiger partial charge in [-0.15, -0.1) is 0 Å². The second-order valence-corrected chi connectivity index (χ2v) is 4.39. The quantitative estimate of drug-likeness (QED) is 0.816. The fourth-order valence-corrected chi connectivity index (χ4v) is 2.00. The van der Waals surface area contributed by atoms with E-state index in [9.17, 15) is 0 Å². The zero-order valence-corrected chi connectivity index (χ0v) is 10.7. The Balaban J connectivity index is 1.79. The van der Waals surface area contributed by atoms with Gasteiger partial charge in [-0.1, -0.05) is 0 Å². The Bertz CT molecular complexity index is 594. The van der Waals surface area contributed by atoms with E-state index < -0.39 is 0 Å². The molecule has 1 aliphatic rings. The third-order valence-corrected chi connectivity index (χ3v) is 3.07. The van der Waals surface area contributed by atoms with Crippen molar-refractivity contribution in [2.45, 2.75) is 6.54 Å². The van der Waals surface area contributed by atoms with E-state index in [1.165, 1.54) is 0 Å². The molecule has 3 N–H and O–H groups in total. The van der Waals surface area contributed by atoms with Gasteiger partial charge < -0.3 is 25.1 Å². The van der Waals surface area contributed by atoms with E-state index in [0.717, 1.165) is 17.3 Å². The molecule has 0 atom stereocenters. The molecule has 1 aromatic heterocycles. The lowest BCUT2D eigenvalue weighted by atomic mass is 10.2. The first-order valence-corrected chi connectivity index (χ1v) is 6.13. The summed E-state index contributed by atoms with van der Waals surface area (Å²) < 4.78 is 13.0. The standard InChI is InChI=1S/C13H16N4O2/c1-17-3-2-15-13(17)8-16-10-7-12-11(6-9(10)14)18-4-5-19-12/h2-3,6-7,16H,4-5,8,14H2,1H3. The minimum atomic E-state index is 0.562. The Labute approximate surface area is 111 Å². The molecule has 0 bridgehead atoms. The van der Waals surface area contributed by atoms with Gasteiger partial charge in [0.25, 0.3) is 0 Å². The summed E-state index contributed by atoms with van der Waals surface area (Å²) in [4.78, 5) is 4.25. The van der Waals surface area contributed by atoms with E-state index >= 15 is 0 Å². The van der Waals surface area contributed by atoms with E-state index in [4.69, 9.17) is 15.2 Å². The number of hydrogen-bond acceptors (Lipinski definition) is 5. The molecule has 0 aliphatic carbocycles. The number of nitrogen functional groups attached to an aromatic ring is 1. The predicted molar refractivity (Wildman–Crippen MR) is 72.4 cm³/mol. The van der Waals surface area contributed by atoms with Gasteiger partial charge in [-0.2, -0.15) is 0 Å². The number of aryl methyl sites for hydroxylation is 1. The van der Waals surface area contributed by atoms with Gasteiger partial charge in [0.05, 0.1) is 17.9 Å². The van der Waals surface area contributed by atoms with Crippen molar-refractivity contribution in [1.29, 1.82) is 0 Å². The molecule has 0 unspecified atom stereocenters. The van der Waals surface area contributed by atoms with Crippen LogP contribution in [0.3, 0.4) is 0 Å². The maximum Gasteiger partial charge on any atom is 0.163 e. The van der Waals surface area contributed by atoms with Crippen molar-refractivity contribution in [2.75, 3.05) is 24.3 Å². The molecule has 1 aliphatic heterocycles. The maximum absolute atomic E-state index is 6.00. The van der Waals surface area contributed by atoms with Gasteiger partial charge in [0, 0.05) is 31.6 Å². The predicted octanol–water partition coefficient (Wildman–Crippen LogP) is 1.39. The number of benzene rings is 1. The Kier molecular flexibility index (Phi) is 2.91. The molecular formula is C13H16N4O2. The number of aromatic nitrogens is 2. The number of nitrogens with zero attached hydrogens (tertiary/aromatic N) is 2. The van der Waals surface area contributed by atoms with Gasteiger partial charge in [0.1, 0.15) is 19.0 Å². The summed E-state index contributed by atoms with van der Waals surface area (Å²) in [6.07, 6.45) is 3.67. The smallest absolute Gasteiger partial charge is 0.163 e. The third-order valence-electron chi connectivity index (χ3n) is 3.07. The summed E-state index contributed by atoms with van der Waals surface area (Å²) in [7, 11) is 1.96. The lowest BCUT2D eigenvalue weighted by Crippen LogP contribution is -2.16. The van der Waals surface area contributed by atoms with Crippen molar-refractivity contribution in [1.82, 2.24) is 9.55 Å². The van der Waals surface area contributed by atoms with Gasteiger partial charge in [-0.3, -0.25) is 0 Å². The number of anilines is 2. The molecule has 0 fully saturated rings. The average Bonchev–Trinajstić information content (AvgIpc) is 2.82. The summed E-state index contributed by atoms with van der Waals surface area (Å²) in [6, 6.07) is 3.65. The minimum Gasteiger partial charge on any atom is -0.486 e. The number of hydrogen-bond donors (Lipinski definition) is 2. The summed E-state index contributed by atoms with van der Waals surface area (Å²) in [5, 5.41) is 3.26. The third kappa shape index (κ3) is 2.29. The van der Waals surface area contributed by atoms with Crippen LogP contribution in [0.1, 0.15) is 5.82 Å². The second-order valence-electron chi connectivity index (χ2n) is 4.39. The molecule has 2 heterocycles. The first-order valence-electron chi connectivity index (χ1n) is 6.13. The zero-order chi connectivity index (χ0) is 13.2. The Morgan fingerprint density at radius 3 is 2.74 bits per heavy atom. The monoisotopic (exact) mass is 260 g/mol. The number of imidazole rings is 1. The topological polar surface area (TPSA) is 74.3 Å². The van der Waals surface area contributed by atoms with E-state index in [-0.39, 0.29) is 0 Å². The fraction of sp³-hybridized carbons (Fsp3) is 0.308. The van der Waals surface area contributed by atoms with Gasteiger partial charge in [0.15, 0.2) is 11.5 Å². The molecule has 0 saturated carbocycles. The number of fused-ring (bicyclic) bond motifs is 1. The van der Waals surface area contributed by atoms with Crippen molar-refractivity contribution in [3.63, 3.8) is 0 Å². The van der Waals surface area contributed by atoms with Crippen LogP contribution in [-0.2, 0) is 13.6 Å². The molecule has 0 amide bonds. The SMILES string of the molecule is Cn1ccnc1CNc1cc2c(cc1N)OCCO2. The minimum absolute atomic E-state index is 0.562. The molecule has 3 rings (SSSR count). The van der Waals surface area contributed by atoms with Crippen LogP contribution in [0.25, 0.3) is 0 Å². The molecule has 0 saturated heterocycles. The molecule has 1 aromatic carbocycles. The summed E-state index contributed by atoms with van der Waals surface area (Å²) in [6.45, 7) is 1.73. The Morgan fingerprint density at radius 1 is 1.32 bits per heavy atom. The maximum atomic E-state index is 6.00. The molecule has 0 radical (unpaired) electrons. The van der Waals surface area contributed by atoms with Crippen LogP contribution in [0.4, 0.5) is 11.4 Å². The average molecular weight is 260 g/mol. The second kappa shape index (κ2) is 4.72. The number of ether oxygens (including phenoxy) is 2. The van der Waals surface area contributed by atoms with Crippen LogP contribution in [0.15, 0.2) is 24.5 Å². The van der Waals surface area contributed by atoms with Crippen molar-refractivity contribution in [3.8, 4) is 11.5 Å². The first kappa shape index (κ1) is 11.7. The lowest BCUT2D eigenvalue weighted by Gasteiger charge is -2.20. The first-order chi connectivity index (χ1) is 9.24. The van der Waals surface area contributed by atoms with Gasteiger partial charge in [-0.05, 0) is 0 Å². The van der Waals surface area contributed by atoms with Gasteiger partial charge in [-0.25, -0.2) is 4.98 Å². The summed E-state index contributed by atoms with van der Waals surface area (Å²) >= 11 is 0. The number of rotatable bonds is 3. The van der Waals surface area contributed by atoms with Crippen molar-refractivity contribution >= 4 is 11.4 Å². The normalized spacial score (nSPS) is 13.3. The van der Waals surface area contributed by atoms with Crippen molar-refractivity contribution in [3.05, 3.63) is 30.4 Å². The molecule has 19 heavy (non-hydrogen) atoms. The van der Waals surface area contributed by atoms with Crippen molar-refractivity contribution in [2.24, 2.45) is 7.05 Å². The molecule has 2 aromatic rings.